The largest absolute Gasteiger partial charge is 0.382 e. The van der Waals surface area contributed by atoms with Crippen LogP contribution in [0.4, 0.5) is 0 Å². The van der Waals surface area contributed by atoms with Crippen LogP contribution in [0.25, 0.3) is 0 Å². The van der Waals surface area contributed by atoms with Gasteiger partial charge in [0.25, 0.3) is 0 Å². The highest BCUT2D eigenvalue weighted by atomic mass is 127. The van der Waals surface area contributed by atoms with Crippen molar-refractivity contribution in [2.45, 2.75) is 32.8 Å². The monoisotopic (exact) mass is 449 g/mol. The Morgan fingerprint density at radius 2 is 1.71 bits per heavy atom. The summed E-state index contributed by atoms with van der Waals surface area (Å²) in [5.74, 6) is 0.831. The van der Waals surface area contributed by atoms with Gasteiger partial charge >= 0.3 is 0 Å². The highest BCUT2D eigenvalue weighted by Crippen LogP contribution is 2.15. The van der Waals surface area contributed by atoms with E-state index in [1.165, 1.54) is 5.56 Å². The summed E-state index contributed by atoms with van der Waals surface area (Å²) in [4.78, 5) is 4.20. The van der Waals surface area contributed by atoms with Crippen molar-refractivity contribution in [1.82, 2.24) is 10.6 Å². The van der Waals surface area contributed by atoms with Crippen molar-refractivity contribution >= 4 is 29.9 Å². The molecule has 1 atom stereocenters. The van der Waals surface area contributed by atoms with Crippen LogP contribution in [0, 0.1) is 0 Å². The fourth-order valence-corrected chi connectivity index (χ4v) is 2.11. The molecule has 0 spiro atoms. The van der Waals surface area contributed by atoms with Gasteiger partial charge in [-0.25, -0.2) is 0 Å². The summed E-state index contributed by atoms with van der Waals surface area (Å²) < 4.78 is 11.2. The normalized spacial score (nSPS) is 12.4. The van der Waals surface area contributed by atoms with Crippen LogP contribution >= 0.6 is 24.0 Å². The number of aliphatic imine (C=N–C) groups is 1. The van der Waals surface area contributed by atoms with E-state index >= 15 is 0 Å². The number of benzene rings is 1. The Bertz CT molecular complexity index is 430. The lowest BCUT2D eigenvalue weighted by Crippen LogP contribution is -2.38. The molecular weight excluding hydrogens is 417 g/mol. The number of halogens is 1. The van der Waals surface area contributed by atoms with Crippen molar-refractivity contribution in [2.75, 3.05) is 40.0 Å². The molecule has 24 heavy (non-hydrogen) atoms. The molecule has 0 saturated carbocycles. The second kappa shape index (κ2) is 15.7. The van der Waals surface area contributed by atoms with E-state index in [1.807, 2.05) is 25.1 Å². The van der Waals surface area contributed by atoms with Gasteiger partial charge in [-0.2, -0.15) is 0 Å². The molecule has 0 amide bonds. The lowest BCUT2D eigenvalue weighted by Gasteiger charge is -2.14. The summed E-state index contributed by atoms with van der Waals surface area (Å²) in [6.45, 7) is 8.08. The van der Waals surface area contributed by atoms with Gasteiger partial charge < -0.3 is 20.1 Å². The Hall–Kier alpha value is -0.860. The first-order chi connectivity index (χ1) is 11.3. The zero-order chi connectivity index (χ0) is 16.8. The van der Waals surface area contributed by atoms with E-state index in [1.54, 1.807) is 7.05 Å². The summed E-state index contributed by atoms with van der Waals surface area (Å²) in [5, 5.41) is 6.56. The molecule has 1 aromatic carbocycles. The molecule has 1 aromatic rings. The van der Waals surface area contributed by atoms with Crippen LogP contribution in [0.2, 0.25) is 0 Å². The molecule has 0 aliphatic rings. The Morgan fingerprint density at radius 1 is 1.08 bits per heavy atom. The van der Waals surface area contributed by atoms with E-state index in [4.69, 9.17) is 9.47 Å². The summed E-state index contributed by atoms with van der Waals surface area (Å²) in [6.07, 6.45) is 2.05. The van der Waals surface area contributed by atoms with Crippen LogP contribution in [-0.4, -0.2) is 45.9 Å². The third-order valence-electron chi connectivity index (χ3n) is 3.44. The minimum absolute atomic E-state index is 0. The van der Waals surface area contributed by atoms with Crippen molar-refractivity contribution in [3.05, 3.63) is 35.9 Å². The molecule has 0 aliphatic heterocycles. The van der Waals surface area contributed by atoms with Crippen LogP contribution in [0.3, 0.4) is 0 Å². The Balaban J connectivity index is 0.00000529. The molecule has 2 N–H and O–H groups in total. The summed E-state index contributed by atoms with van der Waals surface area (Å²) >= 11 is 0. The van der Waals surface area contributed by atoms with Crippen molar-refractivity contribution in [2.24, 2.45) is 4.99 Å². The first-order valence-corrected chi connectivity index (χ1v) is 8.46. The molecule has 1 unspecified atom stereocenters. The van der Waals surface area contributed by atoms with Gasteiger partial charge in [0.15, 0.2) is 5.96 Å². The molecule has 0 radical (unpaired) electrons. The third-order valence-corrected chi connectivity index (χ3v) is 3.44. The van der Waals surface area contributed by atoms with Crippen molar-refractivity contribution < 1.29 is 9.47 Å². The average molecular weight is 449 g/mol. The van der Waals surface area contributed by atoms with Gasteiger partial charge in [0.2, 0.25) is 0 Å². The molecule has 6 heteroatoms. The van der Waals surface area contributed by atoms with Crippen molar-refractivity contribution in [3.63, 3.8) is 0 Å². The predicted octanol–water partition coefficient (Wildman–Crippen LogP) is 3.36. The standard InChI is InChI=1S/C18H31N3O2.HI/c1-4-22-14-8-12-20-18(19-3)21-13-9-15-23-16(2)17-10-6-5-7-11-17;/h5-7,10-11,16H,4,8-9,12-15H2,1-3H3,(H2,19,20,21);1H. The maximum absolute atomic E-state index is 5.85. The fraction of sp³-hybridized carbons (Fsp3) is 0.611. The Kier molecular flexibility index (Phi) is 15.1. The van der Waals surface area contributed by atoms with Crippen molar-refractivity contribution in [1.29, 1.82) is 0 Å². The molecule has 0 saturated heterocycles. The minimum atomic E-state index is 0. The Morgan fingerprint density at radius 3 is 2.29 bits per heavy atom. The van der Waals surface area contributed by atoms with E-state index in [9.17, 15) is 0 Å². The Labute approximate surface area is 163 Å². The smallest absolute Gasteiger partial charge is 0.190 e. The van der Waals surface area contributed by atoms with Crippen molar-refractivity contribution in [3.8, 4) is 0 Å². The number of ether oxygens (including phenoxy) is 2. The van der Waals surface area contributed by atoms with Crippen LogP contribution in [0.5, 0.6) is 0 Å². The first kappa shape index (κ1) is 23.1. The zero-order valence-corrected chi connectivity index (χ0v) is 17.4. The second-order valence-electron chi connectivity index (χ2n) is 5.25. The number of rotatable bonds is 11. The summed E-state index contributed by atoms with van der Waals surface area (Å²) in [5.41, 5.74) is 1.22. The first-order valence-electron chi connectivity index (χ1n) is 8.46. The van der Waals surface area contributed by atoms with Crippen LogP contribution < -0.4 is 10.6 Å². The van der Waals surface area contributed by atoms with Crippen LogP contribution in [-0.2, 0) is 9.47 Å². The highest BCUT2D eigenvalue weighted by Gasteiger charge is 2.04. The van der Waals surface area contributed by atoms with Gasteiger partial charge in [-0.1, -0.05) is 30.3 Å². The maximum Gasteiger partial charge on any atom is 0.190 e. The molecule has 0 aromatic heterocycles. The molecule has 0 fully saturated rings. The molecule has 5 nitrogen and oxygen atoms in total. The SMILES string of the molecule is CCOCCCNC(=NC)NCCCOC(C)c1ccccc1.I. The molecular formula is C18H32IN3O2. The van der Waals surface area contributed by atoms with Gasteiger partial charge in [0, 0.05) is 40.0 Å². The van der Waals surface area contributed by atoms with Gasteiger partial charge in [-0.3, -0.25) is 4.99 Å². The maximum atomic E-state index is 5.85. The van der Waals surface area contributed by atoms with E-state index in [0.717, 1.165) is 51.7 Å². The van der Waals surface area contributed by atoms with Crippen LogP contribution in [0.1, 0.15) is 38.4 Å². The zero-order valence-electron chi connectivity index (χ0n) is 15.1. The number of nitrogens with one attached hydrogen (secondary N) is 2. The lowest BCUT2D eigenvalue weighted by molar-refractivity contribution is 0.0646. The number of hydrogen-bond acceptors (Lipinski definition) is 3. The summed E-state index contributed by atoms with van der Waals surface area (Å²) in [6, 6.07) is 10.3. The molecule has 0 heterocycles. The second-order valence-corrected chi connectivity index (χ2v) is 5.25. The molecule has 1 rings (SSSR count). The van der Waals surface area contributed by atoms with Gasteiger partial charge in [-0.05, 0) is 32.3 Å². The van der Waals surface area contributed by atoms with E-state index in [0.29, 0.717) is 0 Å². The predicted molar refractivity (Wildman–Crippen MR) is 111 cm³/mol. The third kappa shape index (κ3) is 10.8. The number of guanidine groups is 1. The quantitative estimate of drug-likeness (QED) is 0.236. The number of hydrogen-bond donors (Lipinski definition) is 2. The topological polar surface area (TPSA) is 54.9 Å². The molecule has 0 bridgehead atoms. The van der Waals surface area contributed by atoms with Gasteiger partial charge in [-0.15, -0.1) is 24.0 Å². The molecule has 0 aliphatic carbocycles. The van der Waals surface area contributed by atoms with Crippen LogP contribution in [0.15, 0.2) is 35.3 Å². The molecule has 138 valence electrons. The summed E-state index contributed by atoms with van der Waals surface area (Å²) in [7, 11) is 1.78. The lowest BCUT2D eigenvalue weighted by atomic mass is 10.1. The number of nitrogens with zero attached hydrogens (tertiary/aromatic N) is 1. The fourth-order valence-electron chi connectivity index (χ4n) is 2.11. The minimum Gasteiger partial charge on any atom is -0.382 e. The van der Waals surface area contributed by atoms with E-state index in [2.05, 4.69) is 34.7 Å². The van der Waals surface area contributed by atoms with Gasteiger partial charge in [0.1, 0.15) is 0 Å². The average Bonchev–Trinajstić information content (AvgIpc) is 2.60. The van der Waals surface area contributed by atoms with E-state index < -0.39 is 0 Å². The van der Waals surface area contributed by atoms with E-state index in [-0.39, 0.29) is 30.1 Å². The van der Waals surface area contributed by atoms with Gasteiger partial charge in [0.05, 0.1) is 6.10 Å². The highest BCUT2D eigenvalue weighted by molar-refractivity contribution is 14.0.